The minimum absolute atomic E-state index is 0.258. The molecule has 1 aliphatic heterocycles. The second-order valence-corrected chi connectivity index (χ2v) is 2.83. The summed E-state index contributed by atoms with van der Waals surface area (Å²) in [4.78, 5) is 12.3. The number of hydrogen-bond donors (Lipinski definition) is 2. The molecule has 1 aliphatic rings. The lowest BCUT2D eigenvalue weighted by atomic mass is 10.2. The average molecular weight is 175 g/mol. The largest absolute Gasteiger partial charge is 0.388 e. The number of amides is 1. The van der Waals surface area contributed by atoms with Gasteiger partial charge in [0.05, 0.1) is 25.4 Å². The number of carbonyl (C=O) groups excluding carboxylic acids is 1. The maximum absolute atomic E-state index is 11.0. The van der Waals surface area contributed by atoms with E-state index in [1.165, 1.54) is 4.90 Å². The normalized spacial score (nSPS) is 28.9. The zero-order chi connectivity index (χ0) is 9.14. The van der Waals surface area contributed by atoms with Crippen molar-refractivity contribution in [1.29, 1.82) is 0 Å². The highest BCUT2D eigenvalue weighted by molar-refractivity contribution is 5.77. The van der Waals surface area contributed by atoms with Crippen LogP contribution in [0.1, 0.15) is 0 Å². The fraction of sp³-hybridized carbons (Fsp3) is 0.857. The topological polar surface area (TPSA) is 70.0 Å². The summed E-state index contributed by atoms with van der Waals surface area (Å²) in [6.07, 6.45) is -0.634. The van der Waals surface area contributed by atoms with E-state index in [1.807, 2.05) is 0 Å². The zero-order valence-corrected chi connectivity index (χ0v) is 6.93. The molecule has 0 bridgehead atoms. The zero-order valence-electron chi connectivity index (χ0n) is 6.93. The minimum atomic E-state index is -0.634. The van der Waals surface area contributed by atoms with Crippen LogP contribution in [0, 0.1) is 0 Å². The molecule has 0 radical (unpaired) electrons. The fourth-order valence-electron chi connectivity index (χ4n) is 1.20. The first-order chi connectivity index (χ1) is 5.66. The molecule has 1 saturated heterocycles. The van der Waals surface area contributed by atoms with Crippen LogP contribution in [-0.2, 0) is 9.53 Å². The van der Waals surface area contributed by atoms with E-state index in [1.54, 1.807) is 7.05 Å². The van der Waals surface area contributed by atoms with Crippen LogP contribution in [0.2, 0.25) is 0 Å². The van der Waals surface area contributed by atoms with Gasteiger partial charge in [0.1, 0.15) is 6.61 Å². The maximum atomic E-state index is 11.0. The fourth-order valence-corrected chi connectivity index (χ4v) is 1.20. The molecule has 0 aromatic heterocycles. The first kappa shape index (κ1) is 9.44. The molecule has 0 aromatic carbocycles. The second-order valence-electron chi connectivity index (χ2n) is 2.83. The Morgan fingerprint density at radius 2 is 2.33 bits per heavy atom. The lowest BCUT2D eigenvalue weighted by molar-refractivity contribution is -0.136. The third-order valence-corrected chi connectivity index (χ3v) is 2.05. The predicted molar refractivity (Wildman–Crippen MR) is 40.5 cm³/mol. The van der Waals surface area contributed by atoms with E-state index >= 15 is 0 Å². The molecule has 5 heteroatoms. The van der Waals surface area contributed by atoms with Crippen molar-refractivity contribution in [3.63, 3.8) is 0 Å². The summed E-state index contributed by atoms with van der Waals surface area (Å²) < 4.78 is 4.96. The molecule has 1 fully saturated rings. The molecule has 0 aromatic rings. The molecular formula is C7H13NO4. The van der Waals surface area contributed by atoms with Gasteiger partial charge in [0.25, 0.3) is 0 Å². The van der Waals surface area contributed by atoms with Gasteiger partial charge in [-0.05, 0) is 0 Å². The number of aliphatic hydroxyl groups excluding tert-OH is 2. The van der Waals surface area contributed by atoms with Gasteiger partial charge >= 0.3 is 0 Å². The van der Waals surface area contributed by atoms with E-state index < -0.39 is 18.6 Å². The summed E-state index contributed by atoms with van der Waals surface area (Å²) >= 11 is 0. The van der Waals surface area contributed by atoms with Crippen LogP contribution in [-0.4, -0.2) is 60.0 Å². The van der Waals surface area contributed by atoms with Gasteiger partial charge < -0.3 is 19.8 Å². The monoisotopic (exact) mass is 175 g/mol. The number of aliphatic hydroxyl groups is 2. The van der Waals surface area contributed by atoms with Gasteiger partial charge in [-0.1, -0.05) is 0 Å². The van der Waals surface area contributed by atoms with Crippen molar-refractivity contribution >= 4 is 5.91 Å². The van der Waals surface area contributed by atoms with Crippen LogP contribution in [0.3, 0.4) is 0 Å². The number of likely N-dealkylation sites (N-methyl/N-ethyl adjacent to an activating group) is 1. The Hall–Kier alpha value is -0.650. The Bertz CT molecular complexity index is 173. The molecule has 2 atom stereocenters. The third kappa shape index (κ3) is 1.74. The smallest absolute Gasteiger partial charge is 0.248 e. The molecule has 12 heavy (non-hydrogen) atoms. The van der Waals surface area contributed by atoms with Crippen molar-refractivity contribution in [2.45, 2.75) is 12.1 Å². The Morgan fingerprint density at radius 3 is 2.75 bits per heavy atom. The minimum Gasteiger partial charge on any atom is -0.388 e. The van der Waals surface area contributed by atoms with E-state index in [4.69, 9.17) is 9.84 Å². The van der Waals surface area contributed by atoms with Crippen LogP contribution in [0.25, 0.3) is 0 Å². The lowest BCUT2D eigenvalue weighted by Crippen LogP contribution is -2.45. The Kier molecular flexibility index (Phi) is 3.02. The summed E-state index contributed by atoms with van der Waals surface area (Å²) in [6, 6.07) is -0.315. The lowest BCUT2D eigenvalue weighted by Gasteiger charge is -2.24. The average Bonchev–Trinajstić information content (AvgIpc) is 2.48. The van der Waals surface area contributed by atoms with Gasteiger partial charge in [-0.3, -0.25) is 4.79 Å². The van der Waals surface area contributed by atoms with E-state index in [-0.39, 0.29) is 12.6 Å². The molecule has 5 nitrogen and oxygen atoms in total. The van der Waals surface area contributed by atoms with Gasteiger partial charge in [-0.25, -0.2) is 0 Å². The van der Waals surface area contributed by atoms with Gasteiger partial charge in [0.2, 0.25) is 5.91 Å². The number of hydrogen-bond acceptors (Lipinski definition) is 4. The number of carbonyl (C=O) groups is 1. The Labute approximate surface area is 70.5 Å². The van der Waals surface area contributed by atoms with Gasteiger partial charge in [-0.2, -0.15) is 0 Å². The van der Waals surface area contributed by atoms with Crippen molar-refractivity contribution < 1.29 is 19.7 Å². The molecule has 0 aliphatic carbocycles. The molecule has 1 heterocycles. The van der Waals surface area contributed by atoms with Crippen LogP contribution < -0.4 is 0 Å². The standard InChI is InChI=1S/C7H13NO4/c1-8(7(11)2-9)5-3-12-4-6(5)10/h5-6,9-10H,2-4H2,1H3/t5-,6-/m1/s1. The van der Waals surface area contributed by atoms with E-state index in [9.17, 15) is 9.90 Å². The number of rotatable bonds is 2. The number of nitrogens with zero attached hydrogens (tertiary/aromatic N) is 1. The summed E-state index contributed by atoms with van der Waals surface area (Å²) in [7, 11) is 1.54. The van der Waals surface area contributed by atoms with Crippen LogP contribution in [0.4, 0.5) is 0 Å². The second kappa shape index (κ2) is 3.84. The van der Waals surface area contributed by atoms with E-state index in [0.29, 0.717) is 6.61 Å². The van der Waals surface area contributed by atoms with Crippen molar-refractivity contribution in [2.75, 3.05) is 26.9 Å². The highest BCUT2D eigenvalue weighted by Gasteiger charge is 2.31. The molecule has 70 valence electrons. The first-order valence-electron chi connectivity index (χ1n) is 3.79. The summed E-state index contributed by atoms with van der Waals surface area (Å²) in [6.45, 7) is 0.0663. The van der Waals surface area contributed by atoms with Gasteiger partial charge in [0, 0.05) is 7.05 Å². The summed E-state index contributed by atoms with van der Waals surface area (Å²) in [5, 5.41) is 17.8. The van der Waals surface area contributed by atoms with Crippen LogP contribution in [0.5, 0.6) is 0 Å². The molecular weight excluding hydrogens is 162 g/mol. The Morgan fingerprint density at radius 1 is 1.67 bits per heavy atom. The Balaban J connectivity index is 2.51. The number of ether oxygens (including phenoxy) is 1. The predicted octanol–water partition coefficient (Wildman–Crippen LogP) is -1.80. The van der Waals surface area contributed by atoms with E-state index in [0.717, 1.165) is 0 Å². The molecule has 1 rings (SSSR count). The maximum Gasteiger partial charge on any atom is 0.248 e. The van der Waals surface area contributed by atoms with Crippen molar-refractivity contribution in [2.24, 2.45) is 0 Å². The van der Waals surface area contributed by atoms with Gasteiger partial charge in [-0.15, -0.1) is 0 Å². The third-order valence-electron chi connectivity index (χ3n) is 2.05. The highest BCUT2D eigenvalue weighted by Crippen LogP contribution is 2.11. The van der Waals surface area contributed by atoms with Crippen LogP contribution >= 0.6 is 0 Å². The van der Waals surface area contributed by atoms with Crippen molar-refractivity contribution in [3.05, 3.63) is 0 Å². The first-order valence-corrected chi connectivity index (χ1v) is 3.79. The molecule has 2 N–H and O–H groups in total. The van der Waals surface area contributed by atoms with E-state index in [2.05, 4.69) is 0 Å². The quantitative estimate of drug-likeness (QED) is 0.519. The highest BCUT2D eigenvalue weighted by atomic mass is 16.5. The van der Waals surface area contributed by atoms with Crippen molar-refractivity contribution in [3.8, 4) is 0 Å². The summed E-state index contributed by atoms with van der Waals surface area (Å²) in [5.41, 5.74) is 0. The molecule has 1 amide bonds. The molecule has 0 saturated carbocycles. The summed E-state index contributed by atoms with van der Waals surface area (Å²) in [5.74, 6) is -0.399. The van der Waals surface area contributed by atoms with Crippen LogP contribution in [0.15, 0.2) is 0 Å². The van der Waals surface area contributed by atoms with Crippen molar-refractivity contribution in [1.82, 2.24) is 4.90 Å². The molecule has 0 unspecified atom stereocenters. The van der Waals surface area contributed by atoms with Gasteiger partial charge in [0.15, 0.2) is 0 Å². The molecule has 0 spiro atoms. The SMILES string of the molecule is CN(C(=O)CO)[C@@H]1COC[C@H]1O.